The predicted molar refractivity (Wildman–Crippen MR) is 115 cm³/mol. The highest BCUT2D eigenvalue weighted by atomic mass is 19.4. The standard InChI is InChI=1S/C21H31F3N4O5/c1-31-10-5-25-19(29)14-27-6-8-28(9-7-27)15-20(30)26-17-13-16(21(22,23)24)3-4-18(17)33-12-11-32-2/h3-4,13H,5-12,14-15H2,1-2H3,(H,25,29)(H,26,30). The van der Waals surface area contributed by atoms with Crippen LogP contribution in [-0.2, 0) is 25.2 Å². The average Bonchev–Trinajstić information content (AvgIpc) is 2.75. The van der Waals surface area contributed by atoms with Crippen LogP contribution in [0.2, 0.25) is 0 Å². The molecule has 33 heavy (non-hydrogen) atoms. The Hall–Kier alpha value is -2.41. The molecular weight excluding hydrogens is 445 g/mol. The molecule has 2 rings (SSSR count). The number of hydrogen-bond donors (Lipinski definition) is 2. The fourth-order valence-corrected chi connectivity index (χ4v) is 3.21. The third kappa shape index (κ3) is 9.54. The average molecular weight is 476 g/mol. The number of alkyl halides is 3. The van der Waals surface area contributed by atoms with Gasteiger partial charge in [0.2, 0.25) is 11.8 Å². The molecule has 12 heteroatoms. The summed E-state index contributed by atoms with van der Waals surface area (Å²) in [6, 6.07) is 2.95. The lowest BCUT2D eigenvalue weighted by atomic mass is 10.1. The minimum absolute atomic E-state index is 0.0155. The van der Waals surface area contributed by atoms with Gasteiger partial charge in [-0.2, -0.15) is 13.2 Å². The molecule has 186 valence electrons. The number of anilines is 1. The molecule has 0 radical (unpaired) electrons. The summed E-state index contributed by atoms with van der Waals surface area (Å²) < 4.78 is 54.6. The van der Waals surface area contributed by atoms with E-state index >= 15 is 0 Å². The van der Waals surface area contributed by atoms with Gasteiger partial charge in [-0.25, -0.2) is 0 Å². The van der Waals surface area contributed by atoms with Crippen LogP contribution in [0.4, 0.5) is 18.9 Å². The second kappa shape index (κ2) is 13.3. The van der Waals surface area contributed by atoms with Gasteiger partial charge in [-0.1, -0.05) is 0 Å². The molecular formula is C21H31F3N4O5. The third-order valence-corrected chi connectivity index (χ3v) is 4.95. The van der Waals surface area contributed by atoms with E-state index in [4.69, 9.17) is 14.2 Å². The first-order valence-corrected chi connectivity index (χ1v) is 10.6. The molecule has 1 saturated heterocycles. The van der Waals surface area contributed by atoms with Crippen LogP contribution in [-0.4, -0.2) is 101 Å². The first-order chi connectivity index (χ1) is 15.7. The molecule has 0 aromatic heterocycles. The topological polar surface area (TPSA) is 92.4 Å². The lowest BCUT2D eigenvalue weighted by Crippen LogP contribution is -2.51. The number of rotatable bonds is 12. The number of nitrogens with zero attached hydrogens (tertiary/aromatic N) is 2. The number of amides is 2. The van der Waals surface area contributed by atoms with Crippen LogP contribution >= 0.6 is 0 Å². The Bertz CT molecular complexity index is 771. The van der Waals surface area contributed by atoms with Gasteiger partial charge in [0.05, 0.1) is 37.6 Å². The molecule has 1 aliphatic rings. The zero-order valence-corrected chi connectivity index (χ0v) is 18.9. The van der Waals surface area contributed by atoms with Gasteiger partial charge in [-0.15, -0.1) is 0 Å². The molecule has 9 nitrogen and oxygen atoms in total. The maximum absolute atomic E-state index is 13.1. The van der Waals surface area contributed by atoms with E-state index < -0.39 is 17.6 Å². The number of carbonyl (C=O) groups is 2. The van der Waals surface area contributed by atoms with Crippen molar-refractivity contribution < 1.29 is 37.0 Å². The van der Waals surface area contributed by atoms with Crippen molar-refractivity contribution in [1.82, 2.24) is 15.1 Å². The van der Waals surface area contributed by atoms with Gasteiger partial charge in [0, 0.05) is 46.9 Å². The minimum Gasteiger partial charge on any atom is -0.489 e. The first kappa shape index (κ1) is 26.8. The van der Waals surface area contributed by atoms with Gasteiger partial charge >= 0.3 is 6.18 Å². The quantitative estimate of drug-likeness (QED) is 0.436. The zero-order valence-electron chi connectivity index (χ0n) is 18.9. The molecule has 2 amide bonds. The van der Waals surface area contributed by atoms with Gasteiger partial charge in [-0.3, -0.25) is 19.4 Å². The fourth-order valence-electron chi connectivity index (χ4n) is 3.21. The van der Waals surface area contributed by atoms with Crippen LogP contribution in [0.3, 0.4) is 0 Å². The predicted octanol–water partition coefficient (Wildman–Crippen LogP) is 1.05. The van der Waals surface area contributed by atoms with E-state index in [0.29, 0.717) is 39.3 Å². The van der Waals surface area contributed by atoms with Crippen LogP contribution in [0.5, 0.6) is 5.75 Å². The Morgan fingerprint density at radius 1 is 0.939 bits per heavy atom. The Balaban J connectivity index is 1.87. The minimum atomic E-state index is -4.54. The Labute approximate surface area is 191 Å². The molecule has 0 spiro atoms. The van der Waals surface area contributed by atoms with Crippen LogP contribution < -0.4 is 15.4 Å². The molecule has 1 aromatic rings. The summed E-state index contributed by atoms with van der Waals surface area (Å²) in [6.45, 7) is 3.85. The molecule has 0 aliphatic carbocycles. The lowest BCUT2D eigenvalue weighted by molar-refractivity contribution is -0.137. The van der Waals surface area contributed by atoms with E-state index in [1.807, 2.05) is 9.80 Å². The summed E-state index contributed by atoms with van der Waals surface area (Å²) in [7, 11) is 3.04. The van der Waals surface area contributed by atoms with Gasteiger partial charge in [0.25, 0.3) is 0 Å². The van der Waals surface area contributed by atoms with E-state index in [0.717, 1.165) is 12.1 Å². The highest BCUT2D eigenvalue weighted by molar-refractivity contribution is 5.93. The molecule has 0 unspecified atom stereocenters. The maximum atomic E-state index is 13.1. The second-order valence-electron chi connectivity index (χ2n) is 7.49. The zero-order chi connectivity index (χ0) is 24.3. The molecule has 2 N–H and O–H groups in total. The number of benzene rings is 1. The van der Waals surface area contributed by atoms with E-state index in [2.05, 4.69) is 10.6 Å². The van der Waals surface area contributed by atoms with Gasteiger partial charge in [0.1, 0.15) is 12.4 Å². The molecule has 1 aromatic carbocycles. The van der Waals surface area contributed by atoms with E-state index in [1.54, 1.807) is 7.11 Å². The SMILES string of the molecule is COCCNC(=O)CN1CCN(CC(=O)Nc2cc(C(F)(F)F)ccc2OCCOC)CC1. The van der Waals surface area contributed by atoms with Crippen molar-refractivity contribution in [1.29, 1.82) is 0 Å². The van der Waals surface area contributed by atoms with Gasteiger partial charge in [0.15, 0.2) is 0 Å². The summed E-state index contributed by atoms with van der Waals surface area (Å²) in [5.41, 5.74) is -0.924. The van der Waals surface area contributed by atoms with Gasteiger partial charge in [-0.05, 0) is 18.2 Å². The van der Waals surface area contributed by atoms with Crippen molar-refractivity contribution >= 4 is 17.5 Å². The van der Waals surface area contributed by atoms with Crippen molar-refractivity contribution in [2.24, 2.45) is 0 Å². The van der Waals surface area contributed by atoms with E-state index in [1.165, 1.54) is 13.2 Å². The molecule has 1 aliphatic heterocycles. The molecule has 0 atom stereocenters. The van der Waals surface area contributed by atoms with Crippen molar-refractivity contribution in [3.8, 4) is 5.75 Å². The fraction of sp³-hybridized carbons (Fsp3) is 0.619. The number of methoxy groups -OCH3 is 2. The monoisotopic (exact) mass is 476 g/mol. The summed E-state index contributed by atoms with van der Waals surface area (Å²) in [5, 5.41) is 5.29. The summed E-state index contributed by atoms with van der Waals surface area (Å²) in [6.07, 6.45) is -4.54. The summed E-state index contributed by atoms with van der Waals surface area (Å²) >= 11 is 0. The van der Waals surface area contributed by atoms with Crippen LogP contribution in [0, 0.1) is 0 Å². The smallest absolute Gasteiger partial charge is 0.416 e. The van der Waals surface area contributed by atoms with Crippen LogP contribution in [0.25, 0.3) is 0 Å². The number of carbonyl (C=O) groups excluding carboxylic acids is 2. The number of halogens is 3. The van der Waals surface area contributed by atoms with E-state index in [-0.39, 0.29) is 43.6 Å². The first-order valence-electron chi connectivity index (χ1n) is 10.6. The van der Waals surface area contributed by atoms with Crippen molar-refractivity contribution in [2.75, 3.05) is 85.2 Å². The number of nitrogens with one attached hydrogen (secondary N) is 2. The van der Waals surface area contributed by atoms with Crippen molar-refractivity contribution in [3.63, 3.8) is 0 Å². The highest BCUT2D eigenvalue weighted by Gasteiger charge is 2.31. The molecule has 0 bridgehead atoms. The Kier molecular flexibility index (Phi) is 10.8. The number of hydrogen-bond acceptors (Lipinski definition) is 7. The van der Waals surface area contributed by atoms with Crippen molar-refractivity contribution in [2.45, 2.75) is 6.18 Å². The van der Waals surface area contributed by atoms with E-state index in [9.17, 15) is 22.8 Å². The molecule has 1 heterocycles. The Morgan fingerprint density at radius 2 is 1.55 bits per heavy atom. The highest BCUT2D eigenvalue weighted by Crippen LogP contribution is 2.35. The molecule has 0 saturated carbocycles. The van der Waals surface area contributed by atoms with Crippen LogP contribution in [0.1, 0.15) is 5.56 Å². The largest absolute Gasteiger partial charge is 0.489 e. The second-order valence-corrected chi connectivity index (χ2v) is 7.49. The maximum Gasteiger partial charge on any atom is 0.416 e. The molecule has 1 fully saturated rings. The normalized spacial score (nSPS) is 15.3. The number of piperazine rings is 1. The third-order valence-electron chi connectivity index (χ3n) is 4.95. The van der Waals surface area contributed by atoms with Crippen LogP contribution in [0.15, 0.2) is 18.2 Å². The number of ether oxygens (including phenoxy) is 3. The lowest BCUT2D eigenvalue weighted by Gasteiger charge is -2.33. The van der Waals surface area contributed by atoms with Crippen molar-refractivity contribution in [3.05, 3.63) is 23.8 Å². The Morgan fingerprint density at radius 3 is 2.12 bits per heavy atom. The van der Waals surface area contributed by atoms with Gasteiger partial charge < -0.3 is 24.8 Å². The summed E-state index contributed by atoms with van der Waals surface area (Å²) in [4.78, 5) is 28.3. The summed E-state index contributed by atoms with van der Waals surface area (Å²) in [5.74, 6) is -0.404.